The molecule has 1 heterocycles. The zero-order valence-electron chi connectivity index (χ0n) is 6.64. The van der Waals surface area contributed by atoms with Crippen molar-refractivity contribution in [2.45, 2.75) is 31.8 Å². The number of nitrogens with zero attached hydrogens (tertiary/aromatic N) is 1. The van der Waals surface area contributed by atoms with Gasteiger partial charge in [0.2, 0.25) is 0 Å². The molecule has 1 fully saturated rings. The van der Waals surface area contributed by atoms with Crippen LogP contribution >= 0.6 is 0 Å². The van der Waals surface area contributed by atoms with Crippen LogP contribution in [0.2, 0.25) is 0 Å². The van der Waals surface area contributed by atoms with Gasteiger partial charge in [-0.2, -0.15) is 12.8 Å². The maximum atomic E-state index is 10.9. The highest BCUT2D eigenvalue weighted by Gasteiger charge is 2.32. The van der Waals surface area contributed by atoms with Gasteiger partial charge >= 0.3 is 10.3 Å². The Morgan fingerprint density at radius 1 is 1.33 bits per heavy atom. The molecule has 2 aliphatic rings. The second-order valence-electron chi connectivity index (χ2n) is 3.27. The molecule has 1 aliphatic carbocycles. The summed E-state index contributed by atoms with van der Waals surface area (Å²) in [5, 5.41) is 0. The lowest BCUT2D eigenvalue weighted by molar-refractivity contribution is 0.129. The first-order valence-corrected chi connectivity index (χ1v) is 5.52. The van der Waals surface area contributed by atoms with E-state index >= 15 is 0 Å². The minimum atomic E-state index is -3.58. The van der Waals surface area contributed by atoms with Crippen molar-refractivity contribution >= 4 is 16.5 Å². The lowest BCUT2D eigenvalue weighted by atomic mass is 9.87. The highest BCUT2D eigenvalue weighted by atomic mass is 32.2. The Bertz CT molecular complexity index is 296. The summed E-state index contributed by atoms with van der Waals surface area (Å²) in [6, 6.07) is 0. The van der Waals surface area contributed by atoms with Gasteiger partial charge in [0.25, 0.3) is 0 Å². The Morgan fingerprint density at radius 2 is 2.08 bits per heavy atom. The Hall–Kier alpha value is -0.420. The van der Waals surface area contributed by atoms with Crippen LogP contribution in [0.15, 0.2) is 4.40 Å². The highest BCUT2D eigenvalue weighted by molar-refractivity contribution is 7.85. The van der Waals surface area contributed by atoms with Crippen LogP contribution in [-0.2, 0) is 14.5 Å². The fourth-order valence-electron chi connectivity index (χ4n) is 1.75. The van der Waals surface area contributed by atoms with Crippen molar-refractivity contribution in [3.05, 3.63) is 0 Å². The first-order chi connectivity index (χ1) is 5.67. The quantitative estimate of drug-likeness (QED) is 0.568. The molecular weight excluding hydrogens is 178 g/mol. The Balaban J connectivity index is 2.22. The molecule has 0 spiro atoms. The summed E-state index contributed by atoms with van der Waals surface area (Å²) >= 11 is 0. The van der Waals surface area contributed by atoms with Crippen LogP contribution in [0.1, 0.15) is 25.7 Å². The Labute approximate surface area is 71.9 Å². The predicted molar refractivity (Wildman–Crippen MR) is 44.2 cm³/mol. The maximum absolute atomic E-state index is 10.9. The van der Waals surface area contributed by atoms with Crippen molar-refractivity contribution in [2.24, 2.45) is 10.3 Å². The fraction of sp³-hybridized carbons (Fsp3) is 0.857. The van der Waals surface area contributed by atoms with Crippen LogP contribution in [0.25, 0.3) is 0 Å². The predicted octanol–water partition coefficient (Wildman–Crippen LogP) is 0.891. The molecule has 2 rings (SSSR count). The van der Waals surface area contributed by atoms with E-state index in [-0.39, 0.29) is 12.0 Å². The summed E-state index contributed by atoms with van der Waals surface area (Å²) in [7, 11) is -3.58. The van der Waals surface area contributed by atoms with Gasteiger partial charge in [-0.05, 0) is 12.8 Å². The van der Waals surface area contributed by atoms with Gasteiger partial charge in [0.1, 0.15) is 0 Å². The van der Waals surface area contributed by atoms with Gasteiger partial charge in [-0.3, -0.25) is 0 Å². The van der Waals surface area contributed by atoms with Crippen LogP contribution in [0.3, 0.4) is 0 Å². The molecule has 2 atom stereocenters. The van der Waals surface area contributed by atoms with Crippen molar-refractivity contribution in [1.82, 2.24) is 0 Å². The van der Waals surface area contributed by atoms with E-state index in [9.17, 15) is 8.42 Å². The molecule has 4 nitrogen and oxygen atoms in total. The topological polar surface area (TPSA) is 55.7 Å². The lowest BCUT2D eigenvalue weighted by Crippen LogP contribution is -2.34. The van der Waals surface area contributed by atoms with E-state index in [1.807, 2.05) is 0 Å². The molecule has 0 amide bonds. The van der Waals surface area contributed by atoms with Crippen LogP contribution in [-0.4, -0.2) is 20.7 Å². The van der Waals surface area contributed by atoms with Gasteiger partial charge < -0.3 is 0 Å². The first-order valence-electron chi connectivity index (χ1n) is 4.16. The van der Waals surface area contributed by atoms with Crippen molar-refractivity contribution in [3.8, 4) is 0 Å². The molecule has 0 N–H and O–H groups in total. The molecule has 0 radical (unpaired) electrons. The summed E-state index contributed by atoms with van der Waals surface area (Å²) in [4.78, 5) is 0. The van der Waals surface area contributed by atoms with Crippen LogP contribution in [0.4, 0.5) is 0 Å². The van der Waals surface area contributed by atoms with Gasteiger partial charge in [-0.25, -0.2) is 4.18 Å². The number of fused-ring (bicyclic) bond motifs is 1. The lowest BCUT2D eigenvalue weighted by Gasteiger charge is -2.29. The van der Waals surface area contributed by atoms with Crippen LogP contribution in [0, 0.1) is 5.92 Å². The standard InChI is InChI=1S/C7H11NO3S/c9-12(10)8-5-6-3-1-2-4-7(6)11-12/h5-7H,1-4H2. The minimum absolute atomic E-state index is 0.138. The fourth-order valence-corrected chi connectivity index (χ4v) is 2.66. The molecule has 5 heteroatoms. The molecule has 0 aromatic heterocycles. The third-order valence-electron chi connectivity index (χ3n) is 2.38. The third kappa shape index (κ3) is 1.51. The number of hydrogen-bond donors (Lipinski definition) is 0. The summed E-state index contributed by atoms with van der Waals surface area (Å²) in [6.45, 7) is 0. The van der Waals surface area contributed by atoms with Crippen LogP contribution < -0.4 is 0 Å². The summed E-state index contributed by atoms with van der Waals surface area (Å²) in [5.41, 5.74) is 0. The molecule has 0 saturated heterocycles. The van der Waals surface area contributed by atoms with Crippen molar-refractivity contribution in [1.29, 1.82) is 0 Å². The van der Waals surface area contributed by atoms with Gasteiger partial charge in [0.05, 0.1) is 6.10 Å². The molecule has 1 saturated carbocycles. The third-order valence-corrected chi connectivity index (χ3v) is 3.25. The van der Waals surface area contributed by atoms with E-state index in [0.29, 0.717) is 0 Å². The molecule has 2 unspecified atom stereocenters. The molecule has 12 heavy (non-hydrogen) atoms. The SMILES string of the molecule is O=S1(=O)N=CC2CCCCC2O1. The normalized spacial score (nSPS) is 39.0. The van der Waals surface area contributed by atoms with Crippen molar-refractivity contribution in [2.75, 3.05) is 0 Å². The second-order valence-corrected chi connectivity index (χ2v) is 4.52. The highest BCUT2D eigenvalue weighted by Crippen LogP contribution is 2.29. The van der Waals surface area contributed by atoms with E-state index in [0.717, 1.165) is 25.7 Å². The van der Waals surface area contributed by atoms with E-state index < -0.39 is 10.3 Å². The molecule has 0 aromatic carbocycles. The van der Waals surface area contributed by atoms with Crippen molar-refractivity contribution in [3.63, 3.8) is 0 Å². The second kappa shape index (κ2) is 2.81. The number of rotatable bonds is 0. The van der Waals surface area contributed by atoms with Crippen LogP contribution in [0.5, 0.6) is 0 Å². The van der Waals surface area contributed by atoms with E-state index in [2.05, 4.69) is 4.40 Å². The van der Waals surface area contributed by atoms with Crippen molar-refractivity contribution < 1.29 is 12.6 Å². The first kappa shape index (κ1) is 8.19. The summed E-state index contributed by atoms with van der Waals surface area (Å²) in [5.74, 6) is 0.224. The minimum Gasteiger partial charge on any atom is -0.248 e. The summed E-state index contributed by atoms with van der Waals surface area (Å²) < 4.78 is 30.0. The maximum Gasteiger partial charge on any atom is 0.380 e. The smallest absolute Gasteiger partial charge is 0.248 e. The van der Waals surface area contributed by atoms with Gasteiger partial charge in [0.15, 0.2) is 0 Å². The molecule has 68 valence electrons. The monoisotopic (exact) mass is 189 g/mol. The summed E-state index contributed by atoms with van der Waals surface area (Å²) in [6.07, 6.45) is 5.45. The molecule has 1 aliphatic heterocycles. The van der Waals surface area contributed by atoms with E-state index in [4.69, 9.17) is 4.18 Å². The van der Waals surface area contributed by atoms with E-state index in [1.54, 1.807) is 0 Å². The number of hydrogen-bond acceptors (Lipinski definition) is 3. The van der Waals surface area contributed by atoms with E-state index in [1.165, 1.54) is 6.21 Å². The van der Waals surface area contributed by atoms with Gasteiger partial charge in [0, 0.05) is 12.1 Å². The largest absolute Gasteiger partial charge is 0.380 e. The zero-order valence-corrected chi connectivity index (χ0v) is 7.46. The molecular formula is C7H11NO3S. The average molecular weight is 189 g/mol. The average Bonchev–Trinajstić information content (AvgIpc) is 2.02. The van der Waals surface area contributed by atoms with Gasteiger partial charge in [-0.15, -0.1) is 0 Å². The molecule has 0 aromatic rings. The Morgan fingerprint density at radius 3 is 2.92 bits per heavy atom. The molecule has 0 bridgehead atoms. The van der Waals surface area contributed by atoms with Gasteiger partial charge in [-0.1, -0.05) is 12.8 Å². The Kier molecular flexibility index (Phi) is 1.92. The zero-order chi connectivity index (χ0) is 8.60.